The molecule has 2 fully saturated rings. The van der Waals surface area contributed by atoms with Crippen LogP contribution in [-0.2, 0) is 12.1 Å². The van der Waals surface area contributed by atoms with Gasteiger partial charge in [-0.1, -0.05) is 72.8 Å². The number of benzene rings is 2. The number of piperidine rings is 1. The lowest BCUT2D eigenvalue weighted by molar-refractivity contribution is -0.0972. The number of fused-ring (bicyclic) bond motifs is 2. The van der Waals surface area contributed by atoms with Crippen LogP contribution in [0, 0.1) is 17.8 Å². The molecule has 1 saturated carbocycles. The lowest BCUT2D eigenvalue weighted by Gasteiger charge is -2.40. The molecule has 0 radical (unpaired) electrons. The highest BCUT2D eigenvalue weighted by Crippen LogP contribution is 2.42. The lowest BCUT2D eigenvalue weighted by atomic mass is 9.83. The van der Waals surface area contributed by atoms with E-state index < -0.39 is 11.8 Å². The zero-order chi connectivity index (χ0) is 21.7. The number of allylic oxidation sites excluding steroid dienone is 1. The molecule has 2 aromatic rings. The van der Waals surface area contributed by atoms with Gasteiger partial charge in [0.2, 0.25) is 0 Å². The van der Waals surface area contributed by atoms with Crippen molar-refractivity contribution in [1.29, 1.82) is 0 Å². The number of aliphatic hydroxyl groups is 2. The van der Waals surface area contributed by atoms with E-state index in [-0.39, 0.29) is 0 Å². The third-order valence-electron chi connectivity index (χ3n) is 7.29. The fraction of sp³-hybridized carbons (Fsp3) is 0.481. The van der Waals surface area contributed by atoms with Crippen molar-refractivity contribution < 1.29 is 10.2 Å². The molecule has 4 nitrogen and oxygen atoms in total. The first kappa shape index (κ1) is 22.2. The van der Waals surface area contributed by atoms with E-state index in [0.29, 0.717) is 24.2 Å². The van der Waals surface area contributed by atoms with E-state index in [0.717, 1.165) is 31.7 Å². The SMILES string of the molecule is C/C=C/CC(O)(c1ccccc1)C(O)NCC1C2CCC1CN(Cc1ccccc1)C2. The van der Waals surface area contributed by atoms with Crippen LogP contribution in [0.2, 0.25) is 0 Å². The van der Waals surface area contributed by atoms with Gasteiger partial charge < -0.3 is 10.2 Å². The quantitative estimate of drug-likeness (QED) is 0.425. The summed E-state index contributed by atoms with van der Waals surface area (Å²) in [6.45, 7) is 5.95. The van der Waals surface area contributed by atoms with Gasteiger partial charge in [-0.3, -0.25) is 10.2 Å². The van der Waals surface area contributed by atoms with Crippen LogP contribution < -0.4 is 5.32 Å². The minimum absolute atomic E-state index is 0.379. The molecule has 2 aromatic carbocycles. The van der Waals surface area contributed by atoms with E-state index in [1.807, 2.05) is 49.4 Å². The lowest BCUT2D eigenvalue weighted by Crippen LogP contribution is -2.52. The molecular formula is C27H36N2O2. The molecule has 4 rings (SSSR count). The zero-order valence-corrected chi connectivity index (χ0v) is 18.5. The van der Waals surface area contributed by atoms with Gasteiger partial charge in [0.05, 0.1) is 0 Å². The van der Waals surface area contributed by atoms with Crippen LogP contribution in [0.25, 0.3) is 0 Å². The number of nitrogens with one attached hydrogen (secondary N) is 1. The molecule has 4 atom stereocenters. The molecule has 1 saturated heterocycles. The van der Waals surface area contributed by atoms with E-state index in [4.69, 9.17) is 0 Å². The van der Waals surface area contributed by atoms with Crippen LogP contribution in [0.4, 0.5) is 0 Å². The highest BCUT2D eigenvalue weighted by molar-refractivity contribution is 5.24. The molecule has 2 bridgehead atoms. The Morgan fingerprint density at radius 1 is 1.03 bits per heavy atom. The molecule has 4 unspecified atom stereocenters. The Bertz CT molecular complexity index is 827. The smallest absolute Gasteiger partial charge is 0.138 e. The van der Waals surface area contributed by atoms with Crippen molar-refractivity contribution in [2.24, 2.45) is 17.8 Å². The standard InChI is InChI=1S/C27H36N2O2/c1-2-3-16-27(31,24-12-8-5-9-13-24)26(30)28-17-25-22-14-15-23(25)20-29(19-22)18-21-10-6-4-7-11-21/h2-13,22-23,25-26,28,30-31H,14-20H2,1H3/b3-2+. The average molecular weight is 421 g/mol. The molecule has 0 aromatic heterocycles. The van der Waals surface area contributed by atoms with Crippen LogP contribution in [0.3, 0.4) is 0 Å². The topological polar surface area (TPSA) is 55.7 Å². The molecule has 4 heteroatoms. The Balaban J connectivity index is 1.37. The molecule has 31 heavy (non-hydrogen) atoms. The largest absolute Gasteiger partial charge is 0.381 e. The second-order valence-corrected chi connectivity index (χ2v) is 9.32. The molecule has 2 aliphatic rings. The van der Waals surface area contributed by atoms with Crippen LogP contribution >= 0.6 is 0 Å². The van der Waals surface area contributed by atoms with Crippen LogP contribution in [-0.4, -0.2) is 41.0 Å². The summed E-state index contributed by atoms with van der Waals surface area (Å²) in [4.78, 5) is 2.59. The summed E-state index contributed by atoms with van der Waals surface area (Å²) in [6.07, 6.45) is 5.74. The molecule has 166 valence electrons. The molecule has 1 aliphatic carbocycles. The summed E-state index contributed by atoms with van der Waals surface area (Å²) in [5.74, 6) is 1.87. The summed E-state index contributed by atoms with van der Waals surface area (Å²) in [5.41, 5.74) is 0.792. The fourth-order valence-corrected chi connectivity index (χ4v) is 5.56. The predicted molar refractivity (Wildman–Crippen MR) is 125 cm³/mol. The Labute approximate surface area is 186 Å². The fourth-order valence-electron chi connectivity index (χ4n) is 5.56. The second-order valence-electron chi connectivity index (χ2n) is 9.32. The molecule has 3 N–H and O–H groups in total. The third-order valence-corrected chi connectivity index (χ3v) is 7.29. The molecular weight excluding hydrogens is 384 g/mol. The minimum atomic E-state index is -1.33. The molecule has 1 heterocycles. The Hall–Kier alpha value is -1.98. The van der Waals surface area contributed by atoms with E-state index in [2.05, 4.69) is 40.5 Å². The third kappa shape index (κ3) is 5.09. The Morgan fingerprint density at radius 3 is 2.26 bits per heavy atom. The van der Waals surface area contributed by atoms with Crippen molar-refractivity contribution in [3.05, 3.63) is 83.9 Å². The van der Waals surface area contributed by atoms with Gasteiger partial charge in [0.15, 0.2) is 0 Å². The Kier molecular flexibility index (Phi) is 7.24. The molecule has 1 aliphatic heterocycles. The van der Waals surface area contributed by atoms with E-state index in [1.54, 1.807) is 0 Å². The van der Waals surface area contributed by atoms with Crippen molar-refractivity contribution in [3.63, 3.8) is 0 Å². The first-order valence-corrected chi connectivity index (χ1v) is 11.7. The summed E-state index contributed by atoms with van der Waals surface area (Å²) >= 11 is 0. The number of likely N-dealkylation sites (tertiary alicyclic amines) is 1. The predicted octanol–water partition coefficient (Wildman–Crippen LogP) is 3.91. The summed E-state index contributed by atoms with van der Waals surface area (Å²) in [5, 5.41) is 25.7. The molecule has 0 amide bonds. The summed E-state index contributed by atoms with van der Waals surface area (Å²) in [7, 11) is 0. The van der Waals surface area contributed by atoms with Gasteiger partial charge in [-0.25, -0.2) is 0 Å². The number of aliphatic hydroxyl groups excluding tert-OH is 1. The highest BCUT2D eigenvalue weighted by atomic mass is 16.4. The molecule has 0 spiro atoms. The number of hydrogen-bond acceptors (Lipinski definition) is 4. The first-order chi connectivity index (χ1) is 15.1. The average Bonchev–Trinajstić information content (AvgIpc) is 3.04. The Morgan fingerprint density at radius 2 is 1.65 bits per heavy atom. The first-order valence-electron chi connectivity index (χ1n) is 11.7. The van der Waals surface area contributed by atoms with Gasteiger partial charge in [-0.15, -0.1) is 0 Å². The van der Waals surface area contributed by atoms with Crippen molar-refractivity contribution in [1.82, 2.24) is 10.2 Å². The van der Waals surface area contributed by atoms with Crippen molar-refractivity contribution in [2.75, 3.05) is 19.6 Å². The number of hydrogen-bond donors (Lipinski definition) is 3. The van der Waals surface area contributed by atoms with E-state index >= 15 is 0 Å². The van der Waals surface area contributed by atoms with E-state index in [1.165, 1.54) is 18.4 Å². The maximum atomic E-state index is 11.4. The van der Waals surface area contributed by atoms with Crippen molar-refractivity contribution in [3.8, 4) is 0 Å². The number of rotatable bonds is 9. The zero-order valence-electron chi connectivity index (χ0n) is 18.5. The van der Waals surface area contributed by atoms with Crippen LogP contribution in [0.5, 0.6) is 0 Å². The van der Waals surface area contributed by atoms with Gasteiger partial charge in [0, 0.05) is 32.6 Å². The van der Waals surface area contributed by atoms with E-state index in [9.17, 15) is 10.2 Å². The van der Waals surface area contributed by atoms with Gasteiger partial charge >= 0.3 is 0 Å². The second kappa shape index (κ2) is 10.1. The van der Waals surface area contributed by atoms with Gasteiger partial charge in [0.1, 0.15) is 11.8 Å². The monoisotopic (exact) mass is 420 g/mol. The summed E-state index contributed by atoms with van der Waals surface area (Å²) in [6, 6.07) is 20.2. The maximum absolute atomic E-state index is 11.4. The highest BCUT2D eigenvalue weighted by Gasteiger charge is 2.43. The minimum Gasteiger partial charge on any atom is -0.381 e. The van der Waals surface area contributed by atoms with Crippen molar-refractivity contribution in [2.45, 2.75) is 44.6 Å². The van der Waals surface area contributed by atoms with Crippen LogP contribution in [0.15, 0.2) is 72.8 Å². The summed E-state index contributed by atoms with van der Waals surface area (Å²) < 4.78 is 0. The van der Waals surface area contributed by atoms with Crippen molar-refractivity contribution >= 4 is 0 Å². The normalized spacial score (nSPS) is 26.7. The number of nitrogens with zero attached hydrogens (tertiary/aromatic N) is 1. The maximum Gasteiger partial charge on any atom is 0.138 e. The van der Waals surface area contributed by atoms with Gasteiger partial charge in [-0.05, 0) is 48.6 Å². The van der Waals surface area contributed by atoms with Gasteiger partial charge in [0.25, 0.3) is 0 Å². The van der Waals surface area contributed by atoms with Crippen LogP contribution in [0.1, 0.15) is 37.3 Å². The van der Waals surface area contributed by atoms with Gasteiger partial charge in [-0.2, -0.15) is 0 Å².